The summed E-state index contributed by atoms with van der Waals surface area (Å²) in [6, 6.07) is 24.7. The Hall–Kier alpha value is -2.45. The van der Waals surface area contributed by atoms with Gasteiger partial charge in [-0.05, 0) is 55.3 Å². The summed E-state index contributed by atoms with van der Waals surface area (Å²) >= 11 is 0. The van der Waals surface area contributed by atoms with Crippen molar-refractivity contribution in [1.29, 1.82) is 0 Å². The van der Waals surface area contributed by atoms with Crippen LogP contribution in [0.3, 0.4) is 0 Å². The summed E-state index contributed by atoms with van der Waals surface area (Å²) in [6.45, 7) is 0. The van der Waals surface area contributed by atoms with Crippen molar-refractivity contribution in [2.24, 2.45) is 0 Å². The first-order valence-corrected chi connectivity index (χ1v) is 9.22. The molecule has 1 nitrogen and oxygen atoms in total. The van der Waals surface area contributed by atoms with Gasteiger partial charge in [-0.3, -0.25) is 0 Å². The van der Waals surface area contributed by atoms with Crippen LogP contribution in [0.2, 0.25) is 0 Å². The average molecular weight is 345 g/mol. The van der Waals surface area contributed by atoms with E-state index in [0.717, 1.165) is 18.4 Å². The van der Waals surface area contributed by atoms with Crippen LogP contribution in [0.25, 0.3) is 11.1 Å². The zero-order valence-corrected chi connectivity index (χ0v) is 15.3. The molecule has 26 heavy (non-hydrogen) atoms. The molecule has 0 aromatic heterocycles. The number of halogens is 1. The summed E-state index contributed by atoms with van der Waals surface area (Å²) in [4.78, 5) is 2.32. The molecule has 0 spiro atoms. The molecule has 0 amide bonds. The van der Waals surface area contributed by atoms with Crippen molar-refractivity contribution >= 4 is 0 Å². The predicted molar refractivity (Wildman–Crippen MR) is 106 cm³/mol. The Morgan fingerprint density at radius 1 is 0.885 bits per heavy atom. The molecule has 0 heterocycles. The summed E-state index contributed by atoms with van der Waals surface area (Å²) in [6.07, 6.45) is 2.18. The van der Waals surface area contributed by atoms with Crippen LogP contribution in [-0.4, -0.2) is 25.0 Å². The van der Waals surface area contributed by atoms with Gasteiger partial charge in [-0.1, -0.05) is 66.7 Å². The fourth-order valence-electron chi connectivity index (χ4n) is 4.12. The Morgan fingerprint density at radius 2 is 1.65 bits per heavy atom. The van der Waals surface area contributed by atoms with E-state index < -0.39 is 0 Å². The van der Waals surface area contributed by atoms with Crippen LogP contribution < -0.4 is 0 Å². The molecule has 3 aromatic rings. The molecule has 0 N–H and O–H groups in total. The minimum atomic E-state index is -0.167. The number of nitrogens with zero attached hydrogens (tertiary/aromatic N) is 1. The second kappa shape index (κ2) is 7.05. The molecule has 0 saturated carbocycles. The number of hydrogen-bond acceptors (Lipinski definition) is 1. The molecule has 1 aliphatic carbocycles. The van der Waals surface area contributed by atoms with E-state index in [1.807, 2.05) is 18.2 Å². The topological polar surface area (TPSA) is 3.24 Å². The third kappa shape index (κ3) is 3.17. The average Bonchev–Trinajstić information content (AvgIpc) is 2.67. The largest absolute Gasteiger partial charge is 0.306 e. The van der Waals surface area contributed by atoms with Crippen LogP contribution in [0.1, 0.15) is 29.0 Å². The van der Waals surface area contributed by atoms with Gasteiger partial charge < -0.3 is 4.90 Å². The molecule has 1 aliphatic rings. The molecule has 0 bridgehead atoms. The van der Waals surface area contributed by atoms with E-state index in [-0.39, 0.29) is 5.82 Å². The molecule has 0 saturated heterocycles. The highest BCUT2D eigenvalue weighted by Crippen LogP contribution is 2.39. The number of benzene rings is 3. The standard InChI is InChI=1S/C24H24FN/c1-26(2)20-15-19-8-3-4-11-21(19)23(16-20)18-10-7-9-17(14-18)22-12-5-6-13-24(22)25/h3-14,20,23H,15-16H2,1-2H3. The third-order valence-corrected chi connectivity index (χ3v) is 5.60. The minimum absolute atomic E-state index is 0.167. The first-order valence-electron chi connectivity index (χ1n) is 9.22. The van der Waals surface area contributed by atoms with Crippen molar-refractivity contribution in [2.45, 2.75) is 24.8 Å². The summed E-state index contributed by atoms with van der Waals surface area (Å²) in [5.41, 5.74) is 5.73. The molecular weight excluding hydrogens is 321 g/mol. The van der Waals surface area contributed by atoms with Crippen LogP contribution in [0.5, 0.6) is 0 Å². The number of fused-ring (bicyclic) bond motifs is 1. The second-order valence-corrected chi connectivity index (χ2v) is 7.41. The number of likely N-dealkylation sites (N-methyl/N-ethyl adjacent to an activating group) is 1. The molecule has 0 radical (unpaired) electrons. The fraction of sp³-hybridized carbons (Fsp3) is 0.250. The van der Waals surface area contributed by atoms with Gasteiger partial charge in [-0.15, -0.1) is 0 Å². The summed E-state index contributed by atoms with van der Waals surface area (Å²) in [5.74, 6) is 0.180. The van der Waals surface area contributed by atoms with Gasteiger partial charge in [0.05, 0.1) is 0 Å². The molecule has 132 valence electrons. The van der Waals surface area contributed by atoms with E-state index in [0.29, 0.717) is 17.5 Å². The van der Waals surface area contributed by atoms with Crippen LogP contribution in [0.15, 0.2) is 72.8 Å². The van der Waals surface area contributed by atoms with E-state index in [1.54, 1.807) is 6.07 Å². The molecule has 2 unspecified atom stereocenters. The predicted octanol–water partition coefficient (Wildman–Crippen LogP) is 5.50. The monoisotopic (exact) mass is 345 g/mol. The highest BCUT2D eigenvalue weighted by molar-refractivity contribution is 5.65. The Balaban J connectivity index is 1.78. The van der Waals surface area contributed by atoms with Crippen molar-refractivity contribution in [3.05, 3.63) is 95.3 Å². The lowest BCUT2D eigenvalue weighted by molar-refractivity contribution is 0.258. The fourth-order valence-corrected chi connectivity index (χ4v) is 4.12. The first kappa shape index (κ1) is 17.0. The molecular formula is C24H24FN. The Kier molecular flexibility index (Phi) is 4.60. The molecule has 2 atom stereocenters. The zero-order valence-electron chi connectivity index (χ0n) is 15.3. The summed E-state index contributed by atoms with van der Waals surface area (Å²) in [5, 5.41) is 0. The van der Waals surface area contributed by atoms with Gasteiger partial charge in [-0.25, -0.2) is 4.39 Å². The number of hydrogen-bond donors (Lipinski definition) is 0. The summed E-state index contributed by atoms with van der Waals surface area (Å²) < 4.78 is 14.2. The van der Waals surface area contributed by atoms with E-state index in [9.17, 15) is 4.39 Å². The van der Waals surface area contributed by atoms with E-state index in [4.69, 9.17) is 0 Å². The van der Waals surface area contributed by atoms with Gasteiger partial charge in [0.2, 0.25) is 0 Å². The van der Waals surface area contributed by atoms with Gasteiger partial charge in [-0.2, -0.15) is 0 Å². The Morgan fingerprint density at radius 3 is 2.46 bits per heavy atom. The van der Waals surface area contributed by atoms with Crippen LogP contribution in [0, 0.1) is 5.82 Å². The van der Waals surface area contributed by atoms with Crippen molar-refractivity contribution in [3.63, 3.8) is 0 Å². The van der Waals surface area contributed by atoms with Gasteiger partial charge in [0, 0.05) is 17.5 Å². The SMILES string of the molecule is CN(C)C1Cc2ccccc2C(c2cccc(-c3ccccc3F)c2)C1. The van der Waals surface area contributed by atoms with Gasteiger partial charge in [0.25, 0.3) is 0 Å². The zero-order chi connectivity index (χ0) is 18.1. The molecule has 3 aromatic carbocycles. The Bertz CT molecular complexity index is 915. The molecule has 4 rings (SSSR count). The highest BCUT2D eigenvalue weighted by Gasteiger charge is 2.29. The molecule has 2 heteroatoms. The lowest BCUT2D eigenvalue weighted by atomic mass is 9.76. The van der Waals surface area contributed by atoms with Crippen molar-refractivity contribution < 1.29 is 4.39 Å². The van der Waals surface area contributed by atoms with Crippen molar-refractivity contribution in [3.8, 4) is 11.1 Å². The third-order valence-electron chi connectivity index (χ3n) is 5.60. The highest BCUT2D eigenvalue weighted by atomic mass is 19.1. The normalized spacial score (nSPS) is 19.4. The maximum atomic E-state index is 14.2. The van der Waals surface area contributed by atoms with Crippen molar-refractivity contribution in [1.82, 2.24) is 4.90 Å². The van der Waals surface area contributed by atoms with E-state index in [1.165, 1.54) is 22.8 Å². The van der Waals surface area contributed by atoms with Crippen LogP contribution >= 0.6 is 0 Å². The lowest BCUT2D eigenvalue weighted by Crippen LogP contribution is -2.35. The maximum absolute atomic E-state index is 14.2. The number of rotatable bonds is 3. The molecule has 0 fully saturated rings. The van der Waals surface area contributed by atoms with Gasteiger partial charge in [0.15, 0.2) is 0 Å². The first-order chi connectivity index (χ1) is 12.6. The van der Waals surface area contributed by atoms with E-state index >= 15 is 0 Å². The maximum Gasteiger partial charge on any atom is 0.131 e. The van der Waals surface area contributed by atoms with Gasteiger partial charge in [0.1, 0.15) is 5.82 Å². The van der Waals surface area contributed by atoms with Gasteiger partial charge >= 0.3 is 0 Å². The quantitative estimate of drug-likeness (QED) is 0.606. The van der Waals surface area contributed by atoms with E-state index in [2.05, 4.69) is 61.5 Å². The van der Waals surface area contributed by atoms with Crippen LogP contribution in [0.4, 0.5) is 4.39 Å². The van der Waals surface area contributed by atoms with Crippen molar-refractivity contribution in [2.75, 3.05) is 14.1 Å². The lowest BCUT2D eigenvalue weighted by Gasteiger charge is -2.35. The smallest absolute Gasteiger partial charge is 0.131 e. The summed E-state index contributed by atoms with van der Waals surface area (Å²) in [7, 11) is 4.32. The molecule has 0 aliphatic heterocycles. The second-order valence-electron chi connectivity index (χ2n) is 7.41. The minimum Gasteiger partial charge on any atom is -0.306 e. The van der Waals surface area contributed by atoms with Crippen LogP contribution in [-0.2, 0) is 6.42 Å². The Labute approximate surface area is 155 Å².